The zero-order chi connectivity index (χ0) is 28.3. The molecule has 41 heavy (non-hydrogen) atoms. The number of para-hydroxylation sites is 1. The molecule has 5 aromatic rings. The molecule has 1 N–H and O–H groups in total. The molecule has 1 aliphatic rings. The third-order valence-corrected chi connectivity index (χ3v) is 9.06. The Morgan fingerprint density at radius 3 is 2.68 bits per heavy atom. The van der Waals surface area contributed by atoms with Crippen LogP contribution in [0, 0.1) is 6.92 Å². The number of fused-ring (bicyclic) bond motifs is 2. The molecule has 0 fully saturated rings. The minimum absolute atomic E-state index is 0.778. The van der Waals surface area contributed by atoms with Gasteiger partial charge >= 0.3 is 0 Å². The van der Waals surface area contributed by atoms with Crippen molar-refractivity contribution in [2.24, 2.45) is 0 Å². The number of pyridine rings is 1. The van der Waals surface area contributed by atoms with E-state index >= 15 is 0 Å². The molecule has 3 heterocycles. The van der Waals surface area contributed by atoms with Crippen LogP contribution in [0.15, 0.2) is 86.0 Å². The molecule has 0 saturated heterocycles. The first-order valence-corrected chi connectivity index (χ1v) is 15.3. The summed E-state index contributed by atoms with van der Waals surface area (Å²) in [7, 11) is 0. The van der Waals surface area contributed by atoms with E-state index in [1.54, 1.807) is 11.3 Å². The minimum Gasteiger partial charge on any atom is -0.352 e. The second kappa shape index (κ2) is 11.7. The van der Waals surface area contributed by atoms with E-state index in [-0.39, 0.29) is 0 Å². The Morgan fingerprint density at radius 2 is 1.85 bits per heavy atom. The van der Waals surface area contributed by atoms with Crippen LogP contribution in [0.5, 0.6) is 0 Å². The Morgan fingerprint density at radius 1 is 1.00 bits per heavy atom. The van der Waals surface area contributed by atoms with Gasteiger partial charge in [0.1, 0.15) is 5.82 Å². The number of hydrogen-bond donors (Lipinski definition) is 1. The van der Waals surface area contributed by atoms with Crippen LogP contribution >= 0.6 is 11.3 Å². The third kappa shape index (κ3) is 5.42. The fourth-order valence-corrected chi connectivity index (χ4v) is 6.71. The van der Waals surface area contributed by atoms with Crippen molar-refractivity contribution in [3.63, 3.8) is 0 Å². The van der Waals surface area contributed by atoms with E-state index in [0.717, 1.165) is 64.9 Å². The van der Waals surface area contributed by atoms with Gasteiger partial charge in [-0.05, 0) is 84.3 Å². The van der Waals surface area contributed by atoms with Gasteiger partial charge in [0.05, 0.1) is 15.9 Å². The van der Waals surface area contributed by atoms with E-state index in [0.29, 0.717) is 0 Å². The monoisotopic (exact) mass is 556 g/mol. The highest BCUT2D eigenvalue weighted by Crippen LogP contribution is 2.34. The van der Waals surface area contributed by atoms with Gasteiger partial charge in [-0.15, -0.1) is 0 Å². The molecule has 0 unspecified atom stereocenters. The SMILES string of the molecule is C=Cc1nc(N2CCc3cccc(C(=C)Nc4nc5ccccc5s4)c3C2)ccc1-c1cccc(CCCC)c1C. The molecule has 0 aliphatic carbocycles. The molecule has 0 bridgehead atoms. The van der Waals surface area contributed by atoms with Gasteiger partial charge in [-0.2, -0.15) is 0 Å². The van der Waals surface area contributed by atoms with E-state index in [4.69, 9.17) is 9.97 Å². The van der Waals surface area contributed by atoms with Crippen molar-refractivity contribution >= 4 is 44.3 Å². The lowest BCUT2D eigenvalue weighted by Gasteiger charge is -2.32. The van der Waals surface area contributed by atoms with Gasteiger partial charge in [0, 0.05) is 29.9 Å². The van der Waals surface area contributed by atoms with Crippen LogP contribution in [-0.2, 0) is 19.4 Å². The second-order valence-corrected chi connectivity index (χ2v) is 11.7. The van der Waals surface area contributed by atoms with Crippen molar-refractivity contribution in [3.05, 3.63) is 119 Å². The number of nitrogens with zero attached hydrogens (tertiary/aromatic N) is 3. The first-order valence-electron chi connectivity index (χ1n) is 14.5. The number of aromatic nitrogens is 2. The van der Waals surface area contributed by atoms with E-state index < -0.39 is 0 Å². The largest absolute Gasteiger partial charge is 0.352 e. The molecule has 4 nitrogen and oxygen atoms in total. The summed E-state index contributed by atoms with van der Waals surface area (Å²) in [5.74, 6) is 0.980. The Hall–Kier alpha value is -4.22. The summed E-state index contributed by atoms with van der Waals surface area (Å²) < 4.78 is 1.17. The van der Waals surface area contributed by atoms with Crippen molar-refractivity contribution in [3.8, 4) is 11.1 Å². The van der Waals surface area contributed by atoms with Crippen LogP contribution in [0.25, 0.3) is 33.1 Å². The van der Waals surface area contributed by atoms with Gasteiger partial charge in [-0.25, -0.2) is 9.97 Å². The maximum atomic E-state index is 5.13. The first kappa shape index (κ1) is 27.0. The maximum absolute atomic E-state index is 5.13. The molecule has 1 aliphatic heterocycles. The molecule has 0 spiro atoms. The number of benzene rings is 3. The summed E-state index contributed by atoms with van der Waals surface area (Å²) in [5, 5.41) is 4.35. The third-order valence-electron chi connectivity index (χ3n) is 8.11. The lowest BCUT2D eigenvalue weighted by molar-refractivity contribution is 0.719. The number of aryl methyl sites for hydroxylation is 1. The molecule has 0 radical (unpaired) electrons. The molecular weight excluding hydrogens is 520 g/mol. The lowest BCUT2D eigenvalue weighted by Crippen LogP contribution is -2.32. The van der Waals surface area contributed by atoms with Crippen LogP contribution in [0.1, 0.15) is 53.3 Å². The highest BCUT2D eigenvalue weighted by molar-refractivity contribution is 7.22. The van der Waals surface area contributed by atoms with Crippen molar-refractivity contribution in [1.29, 1.82) is 0 Å². The van der Waals surface area contributed by atoms with Crippen LogP contribution in [0.2, 0.25) is 0 Å². The normalized spacial score (nSPS) is 12.8. The van der Waals surface area contributed by atoms with E-state index in [2.05, 4.69) is 91.8 Å². The fourth-order valence-electron chi connectivity index (χ4n) is 5.82. The van der Waals surface area contributed by atoms with Gasteiger partial charge in [-0.1, -0.05) is 86.4 Å². The standard InChI is InChI=1S/C36H36N4S/c1-5-7-12-26-13-10-15-28(24(26)3)30-19-20-35(38-32(30)6-2)40-22-21-27-14-11-16-29(31(27)23-40)25(4)37-36-39-33-17-8-9-18-34(33)41-36/h6,8-11,13-20H,2,4-5,7,12,21-23H2,1,3H3,(H,37,39). The molecule has 2 aromatic heterocycles. The molecular formula is C36H36N4S. The number of anilines is 2. The van der Waals surface area contributed by atoms with Crippen molar-refractivity contribution < 1.29 is 0 Å². The van der Waals surface area contributed by atoms with Gasteiger partial charge in [0.2, 0.25) is 0 Å². The molecule has 6 rings (SSSR count). The molecule has 5 heteroatoms. The Kier molecular flexibility index (Phi) is 7.71. The molecule has 0 atom stereocenters. The van der Waals surface area contributed by atoms with Crippen molar-refractivity contribution in [2.45, 2.75) is 46.1 Å². The Balaban J connectivity index is 1.26. The van der Waals surface area contributed by atoms with Crippen molar-refractivity contribution in [1.82, 2.24) is 9.97 Å². The number of hydrogen-bond acceptors (Lipinski definition) is 5. The van der Waals surface area contributed by atoms with Gasteiger partial charge in [0.15, 0.2) is 5.13 Å². The number of nitrogens with one attached hydrogen (secondary N) is 1. The topological polar surface area (TPSA) is 41.1 Å². The summed E-state index contributed by atoms with van der Waals surface area (Å²) in [5.41, 5.74) is 11.8. The van der Waals surface area contributed by atoms with Crippen LogP contribution in [0.3, 0.4) is 0 Å². The second-order valence-electron chi connectivity index (χ2n) is 10.7. The van der Waals surface area contributed by atoms with Crippen LogP contribution in [0.4, 0.5) is 10.9 Å². The van der Waals surface area contributed by atoms with Crippen LogP contribution < -0.4 is 10.2 Å². The predicted molar refractivity (Wildman–Crippen MR) is 177 cm³/mol. The highest BCUT2D eigenvalue weighted by atomic mass is 32.1. The number of rotatable bonds is 9. The molecule has 3 aromatic carbocycles. The maximum Gasteiger partial charge on any atom is 0.188 e. The highest BCUT2D eigenvalue weighted by Gasteiger charge is 2.22. The summed E-state index contributed by atoms with van der Waals surface area (Å²) in [6.07, 6.45) is 6.37. The van der Waals surface area contributed by atoms with Crippen LogP contribution in [-0.4, -0.2) is 16.5 Å². The molecule has 0 saturated carbocycles. The smallest absolute Gasteiger partial charge is 0.188 e. The quantitative estimate of drug-likeness (QED) is 0.196. The number of unbranched alkanes of at least 4 members (excludes halogenated alkanes) is 1. The van der Waals surface area contributed by atoms with Gasteiger partial charge in [-0.3, -0.25) is 0 Å². The zero-order valence-corrected chi connectivity index (χ0v) is 24.7. The lowest BCUT2D eigenvalue weighted by atomic mass is 9.92. The summed E-state index contributed by atoms with van der Waals surface area (Å²) in [6, 6.07) is 25.8. The van der Waals surface area contributed by atoms with E-state index in [1.807, 2.05) is 24.3 Å². The van der Waals surface area contributed by atoms with Gasteiger partial charge < -0.3 is 10.2 Å². The average Bonchev–Trinajstić information content (AvgIpc) is 3.42. The fraction of sp³-hybridized carbons (Fsp3) is 0.222. The van der Waals surface area contributed by atoms with Gasteiger partial charge in [0.25, 0.3) is 0 Å². The summed E-state index contributed by atoms with van der Waals surface area (Å²) in [6.45, 7) is 14.7. The first-order chi connectivity index (χ1) is 20.1. The average molecular weight is 557 g/mol. The minimum atomic E-state index is 0.778. The molecule has 0 amide bonds. The number of thiazole rings is 1. The predicted octanol–water partition coefficient (Wildman–Crippen LogP) is 9.30. The Labute approximate surface area is 247 Å². The van der Waals surface area contributed by atoms with E-state index in [9.17, 15) is 0 Å². The molecule has 206 valence electrons. The summed E-state index contributed by atoms with van der Waals surface area (Å²) >= 11 is 1.65. The Bertz CT molecular complexity index is 1720. The zero-order valence-electron chi connectivity index (χ0n) is 23.9. The summed E-state index contributed by atoms with van der Waals surface area (Å²) in [4.78, 5) is 12.2. The van der Waals surface area contributed by atoms with E-state index in [1.165, 1.54) is 45.4 Å². The van der Waals surface area contributed by atoms with Crippen molar-refractivity contribution in [2.75, 3.05) is 16.8 Å².